The van der Waals surface area contributed by atoms with Crippen LogP contribution in [0.2, 0.25) is 15.1 Å². The quantitative estimate of drug-likeness (QED) is 0.806. The van der Waals surface area contributed by atoms with E-state index in [-0.39, 0.29) is 12.2 Å². The molecule has 2 amide bonds. The fourth-order valence-electron chi connectivity index (χ4n) is 1.60. The van der Waals surface area contributed by atoms with Crippen molar-refractivity contribution in [3.8, 4) is 5.75 Å². The number of amides is 2. The maximum atomic E-state index is 11.9. The summed E-state index contributed by atoms with van der Waals surface area (Å²) in [5.74, 6) is -0.590. The topological polar surface area (TPSA) is 67.4 Å². The van der Waals surface area contributed by atoms with Gasteiger partial charge < -0.3 is 4.74 Å². The largest absolute Gasteiger partial charge is 0.484 e. The van der Waals surface area contributed by atoms with E-state index >= 15 is 0 Å². The third kappa shape index (κ3) is 5.63. The highest BCUT2D eigenvalue weighted by Crippen LogP contribution is 2.18. The number of benzene rings is 2. The highest BCUT2D eigenvalue weighted by Gasteiger charge is 2.09. The molecule has 0 aliphatic rings. The minimum atomic E-state index is -0.547. The molecule has 0 heterocycles. The van der Waals surface area contributed by atoms with E-state index in [1.165, 1.54) is 18.2 Å². The first-order chi connectivity index (χ1) is 10.9. The molecule has 0 saturated heterocycles. The van der Waals surface area contributed by atoms with Gasteiger partial charge in [0, 0.05) is 20.6 Å². The number of hydrogen-bond acceptors (Lipinski definition) is 3. The molecule has 0 spiro atoms. The zero-order chi connectivity index (χ0) is 16.8. The molecule has 23 heavy (non-hydrogen) atoms. The van der Waals surface area contributed by atoms with Crippen molar-refractivity contribution in [2.24, 2.45) is 0 Å². The van der Waals surface area contributed by atoms with Crippen molar-refractivity contribution in [1.29, 1.82) is 0 Å². The molecule has 0 atom stereocenters. The number of rotatable bonds is 4. The Labute approximate surface area is 147 Å². The van der Waals surface area contributed by atoms with Crippen LogP contribution in [0, 0.1) is 0 Å². The Morgan fingerprint density at radius 1 is 0.870 bits per heavy atom. The van der Waals surface area contributed by atoms with Crippen LogP contribution in [0.25, 0.3) is 0 Å². The van der Waals surface area contributed by atoms with Crippen LogP contribution in [0.3, 0.4) is 0 Å². The van der Waals surface area contributed by atoms with Gasteiger partial charge in [0.1, 0.15) is 5.75 Å². The third-order valence-electron chi connectivity index (χ3n) is 2.62. The molecular weight excluding hydrogens is 363 g/mol. The summed E-state index contributed by atoms with van der Waals surface area (Å²) in [5, 5.41) is 1.20. The summed E-state index contributed by atoms with van der Waals surface area (Å²) in [5.41, 5.74) is 4.69. The number of nitrogens with one attached hydrogen (secondary N) is 2. The first kappa shape index (κ1) is 17.4. The van der Waals surface area contributed by atoms with Gasteiger partial charge >= 0.3 is 0 Å². The number of halogens is 3. The molecule has 0 fully saturated rings. The Morgan fingerprint density at radius 3 is 2.09 bits per heavy atom. The van der Waals surface area contributed by atoms with Crippen LogP contribution >= 0.6 is 34.8 Å². The van der Waals surface area contributed by atoms with Crippen LogP contribution in [0.5, 0.6) is 5.75 Å². The predicted octanol–water partition coefficient (Wildman–Crippen LogP) is 3.49. The average molecular weight is 374 g/mol. The Hall–Kier alpha value is -1.95. The fourth-order valence-corrected chi connectivity index (χ4v) is 2.25. The lowest BCUT2D eigenvalue weighted by molar-refractivity contribution is -0.123. The molecular formula is C15H11Cl3N2O3. The Balaban J connectivity index is 1.81. The Kier molecular flexibility index (Phi) is 6.10. The monoisotopic (exact) mass is 372 g/mol. The van der Waals surface area contributed by atoms with Gasteiger partial charge in [0.05, 0.1) is 0 Å². The van der Waals surface area contributed by atoms with E-state index in [4.69, 9.17) is 39.5 Å². The van der Waals surface area contributed by atoms with Gasteiger partial charge in [-0.05, 0) is 42.5 Å². The second kappa shape index (κ2) is 8.06. The van der Waals surface area contributed by atoms with Crippen molar-refractivity contribution in [3.63, 3.8) is 0 Å². The lowest BCUT2D eigenvalue weighted by atomic mass is 10.2. The third-order valence-corrected chi connectivity index (χ3v) is 3.31. The minimum Gasteiger partial charge on any atom is -0.484 e. The lowest BCUT2D eigenvalue weighted by Crippen LogP contribution is -2.43. The summed E-state index contributed by atoms with van der Waals surface area (Å²) < 4.78 is 5.23. The zero-order valence-corrected chi connectivity index (χ0v) is 13.9. The van der Waals surface area contributed by atoms with Crippen molar-refractivity contribution in [1.82, 2.24) is 10.9 Å². The lowest BCUT2D eigenvalue weighted by Gasteiger charge is -2.09. The molecule has 5 nitrogen and oxygen atoms in total. The molecule has 8 heteroatoms. The van der Waals surface area contributed by atoms with E-state index in [1.807, 2.05) is 0 Å². The summed E-state index contributed by atoms with van der Waals surface area (Å²) >= 11 is 17.3. The normalized spacial score (nSPS) is 10.0. The average Bonchev–Trinajstić information content (AvgIpc) is 2.51. The van der Waals surface area contributed by atoms with Gasteiger partial charge in [-0.1, -0.05) is 34.8 Å². The zero-order valence-electron chi connectivity index (χ0n) is 11.6. The molecule has 0 unspecified atom stereocenters. The van der Waals surface area contributed by atoms with Crippen LogP contribution < -0.4 is 15.6 Å². The molecule has 2 aromatic carbocycles. The molecule has 0 bridgehead atoms. The Bertz CT molecular complexity index is 700. The van der Waals surface area contributed by atoms with Gasteiger partial charge in [0.2, 0.25) is 0 Å². The van der Waals surface area contributed by atoms with Crippen molar-refractivity contribution >= 4 is 46.6 Å². The fraction of sp³-hybridized carbons (Fsp3) is 0.0667. The van der Waals surface area contributed by atoms with Crippen LogP contribution in [0.4, 0.5) is 0 Å². The van der Waals surface area contributed by atoms with E-state index in [1.54, 1.807) is 24.3 Å². The number of hydrazine groups is 1. The van der Waals surface area contributed by atoms with Gasteiger partial charge in [-0.2, -0.15) is 0 Å². The molecule has 0 radical (unpaired) electrons. The molecule has 2 N–H and O–H groups in total. The molecule has 2 aromatic rings. The second-order valence-corrected chi connectivity index (χ2v) is 5.71. The first-order valence-corrected chi connectivity index (χ1v) is 7.51. The minimum absolute atomic E-state index is 0.224. The van der Waals surface area contributed by atoms with E-state index in [0.717, 1.165) is 0 Å². The van der Waals surface area contributed by atoms with Crippen LogP contribution in [-0.4, -0.2) is 18.4 Å². The smallest absolute Gasteiger partial charge is 0.276 e. The van der Waals surface area contributed by atoms with Crippen molar-refractivity contribution in [2.75, 3.05) is 6.61 Å². The summed E-state index contributed by atoms with van der Waals surface area (Å²) in [6.45, 7) is -0.266. The van der Waals surface area contributed by atoms with Gasteiger partial charge in [-0.25, -0.2) is 0 Å². The maximum absolute atomic E-state index is 11.9. The van der Waals surface area contributed by atoms with E-state index in [9.17, 15) is 9.59 Å². The molecule has 0 aliphatic carbocycles. The second-order valence-electron chi connectivity index (χ2n) is 4.40. The van der Waals surface area contributed by atoms with Gasteiger partial charge in [0.15, 0.2) is 6.61 Å². The van der Waals surface area contributed by atoms with Crippen LogP contribution in [0.1, 0.15) is 10.4 Å². The molecule has 120 valence electrons. The number of carbonyl (C=O) groups is 2. The number of ether oxygens (including phenoxy) is 1. The maximum Gasteiger partial charge on any atom is 0.276 e. The number of hydrogen-bond donors (Lipinski definition) is 2. The van der Waals surface area contributed by atoms with Crippen LogP contribution in [0.15, 0.2) is 42.5 Å². The van der Waals surface area contributed by atoms with Crippen molar-refractivity contribution in [3.05, 3.63) is 63.1 Å². The SMILES string of the molecule is O=C(COc1ccc(Cl)cc1)NNC(=O)c1cc(Cl)cc(Cl)c1. The van der Waals surface area contributed by atoms with E-state index in [2.05, 4.69) is 10.9 Å². The predicted molar refractivity (Wildman–Crippen MR) is 89.0 cm³/mol. The van der Waals surface area contributed by atoms with Gasteiger partial charge in [0.25, 0.3) is 11.8 Å². The van der Waals surface area contributed by atoms with Crippen molar-refractivity contribution < 1.29 is 14.3 Å². The molecule has 0 aliphatic heterocycles. The van der Waals surface area contributed by atoms with Gasteiger partial charge in [-0.3, -0.25) is 20.4 Å². The Morgan fingerprint density at radius 2 is 1.48 bits per heavy atom. The standard InChI is InChI=1S/C15H11Cl3N2O3/c16-10-1-3-13(4-2-10)23-8-14(21)19-20-15(22)9-5-11(17)7-12(18)6-9/h1-7H,8H2,(H,19,21)(H,20,22). The highest BCUT2D eigenvalue weighted by molar-refractivity contribution is 6.35. The molecule has 0 saturated carbocycles. The summed E-state index contributed by atoms with van der Waals surface area (Å²) in [6, 6.07) is 10.9. The van der Waals surface area contributed by atoms with E-state index < -0.39 is 11.8 Å². The van der Waals surface area contributed by atoms with Crippen molar-refractivity contribution in [2.45, 2.75) is 0 Å². The van der Waals surface area contributed by atoms with Crippen LogP contribution in [-0.2, 0) is 4.79 Å². The highest BCUT2D eigenvalue weighted by atomic mass is 35.5. The van der Waals surface area contributed by atoms with E-state index in [0.29, 0.717) is 20.8 Å². The van der Waals surface area contributed by atoms with Gasteiger partial charge in [-0.15, -0.1) is 0 Å². The molecule has 2 rings (SSSR count). The summed E-state index contributed by atoms with van der Waals surface area (Å²) in [7, 11) is 0. The first-order valence-electron chi connectivity index (χ1n) is 6.37. The molecule has 0 aromatic heterocycles. The summed E-state index contributed by atoms with van der Waals surface area (Å²) in [6.07, 6.45) is 0. The number of carbonyl (C=O) groups excluding carboxylic acids is 2. The summed E-state index contributed by atoms with van der Waals surface area (Å²) in [4.78, 5) is 23.5.